The van der Waals surface area contributed by atoms with E-state index < -0.39 is 0 Å². The molecule has 2 unspecified atom stereocenters. The SMILES string of the molecule is CCCNC(C)C(CC)Cc1ccc(F)c(Br)c1. The van der Waals surface area contributed by atoms with E-state index in [2.05, 4.69) is 42.0 Å². The highest BCUT2D eigenvalue weighted by Gasteiger charge is 2.15. The Labute approximate surface area is 118 Å². The largest absolute Gasteiger partial charge is 0.314 e. The standard InChI is InChI=1S/C15H23BrFN/c1-4-8-18-11(3)13(5-2)9-12-6-7-15(17)14(16)10-12/h6-7,10-11,13,18H,4-5,8-9H2,1-3H3. The molecule has 0 aliphatic rings. The van der Waals surface area contributed by atoms with Crippen molar-refractivity contribution in [1.82, 2.24) is 5.32 Å². The maximum atomic E-state index is 13.2. The van der Waals surface area contributed by atoms with Gasteiger partial charge >= 0.3 is 0 Å². The van der Waals surface area contributed by atoms with Crippen molar-refractivity contribution in [2.24, 2.45) is 5.92 Å². The molecular formula is C15H23BrFN. The molecule has 0 aliphatic carbocycles. The number of hydrogen-bond donors (Lipinski definition) is 1. The average molecular weight is 316 g/mol. The van der Waals surface area contributed by atoms with Gasteiger partial charge in [0.1, 0.15) is 5.82 Å². The lowest BCUT2D eigenvalue weighted by atomic mass is 9.91. The van der Waals surface area contributed by atoms with Crippen LogP contribution >= 0.6 is 15.9 Å². The Morgan fingerprint density at radius 2 is 2.06 bits per heavy atom. The summed E-state index contributed by atoms with van der Waals surface area (Å²) in [5, 5.41) is 3.54. The van der Waals surface area contributed by atoms with E-state index in [-0.39, 0.29) is 5.82 Å². The van der Waals surface area contributed by atoms with Gasteiger partial charge in [-0.05, 0) is 65.9 Å². The quantitative estimate of drug-likeness (QED) is 0.778. The second kappa shape index (κ2) is 7.90. The van der Waals surface area contributed by atoms with Gasteiger partial charge in [0.05, 0.1) is 4.47 Å². The van der Waals surface area contributed by atoms with Crippen LogP contribution in [0.5, 0.6) is 0 Å². The minimum atomic E-state index is -0.191. The van der Waals surface area contributed by atoms with Gasteiger partial charge in [0.15, 0.2) is 0 Å². The van der Waals surface area contributed by atoms with Crippen LogP contribution in [0.3, 0.4) is 0 Å². The van der Waals surface area contributed by atoms with Crippen molar-refractivity contribution in [1.29, 1.82) is 0 Å². The molecule has 0 bridgehead atoms. The minimum Gasteiger partial charge on any atom is -0.314 e. The Morgan fingerprint density at radius 1 is 1.33 bits per heavy atom. The second-order valence-electron chi connectivity index (χ2n) is 4.86. The number of rotatable bonds is 7. The van der Waals surface area contributed by atoms with Crippen LogP contribution in [0.2, 0.25) is 0 Å². The maximum Gasteiger partial charge on any atom is 0.137 e. The molecule has 0 spiro atoms. The lowest BCUT2D eigenvalue weighted by Gasteiger charge is -2.24. The van der Waals surface area contributed by atoms with E-state index in [0.717, 1.165) is 25.8 Å². The summed E-state index contributed by atoms with van der Waals surface area (Å²) >= 11 is 3.25. The highest BCUT2D eigenvalue weighted by Crippen LogP contribution is 2.21. The van der Waals surface area contributed by atoms with E-state index in [1.54, 1.807) is 0 Å². The molecule has 0 radical (unpaired) electrons. The van der Waals surface area contributed by atoms with Crippen molar-refractivity contribution in [3.8, 4) is 0 Å². The van der Waals surface area contributed by atoms with Crippen molar-refractivity contribution in [2.75, 3.05) is 6.54 Å². The van der Waals surface area contributed by atoms with Gasteiger partial charge in [-0.15, -0.1) is 0 Å². The molecule has 1 aromatic rings. The van der Waals surface area contributed by atoms with Gasteiger partial charge in [0.2, 0.25) is 0 Å². The summed E-state index contributed by atoms with van der Waals surface area (Å²) in [6.45, 7) is 7.69. The van der Waals surface area contributed by atoms with Crippen molar-refractivity contribution < 1.29 is 4.39 Å². The number of benzene rings is 1. The smallest absolute Gasteiger partial charge is 0.137 e. The third-order valence-corrected chi connectivity index (χ3v) is 4.04. The molecule has 0 aromatic heterocycles. The Hall–Kier alpha value is -0.410. The predicted octanol–water partition coefficient (Wildman–Crippen LogP) is 4.55. The third-order valence-electron chi connectivity index (χ3n) is 3.43. The van der Waals surface area contributed by atoms with Crippen molar-refractivity contribution in [2.45, 2.75) is 46.1 Å². The maximum absolute atomic E-state index is 13.2. The van der Waals surface area contributed by atoms with E-state index in [1.807, 2.05) is 12.1 Å². The summed E-state index contributed by atoms with van der Waals surface area (Å²) in [5.41, 5.74) is 1.19. The molecule has 18 heavy (non-hydrogen) atoms. The molecule has 1 N–H and O–H groups in total. The molecule has 1 rings (SSSR count). The van der Waals surface area contributed by atoms with Gasteiger partial charge in [-0.25, -0.2) is 4.39 Å². The molecule has 0 saturated heterocycles. The molecule has 0 fully saturated rings. The van der Waals surface area contributed by atoms with Crippen molar-refractivity contribution in [3.63, 3.8) is 0 Å². The number of nitrogens with one attached hydrogen (secondary N) is 1. The van der Waals surface area contributed by atoms with Gasteiger partial charge in [0, 0.05) is 6.04 Å². The fourth-order valence-corrected chi connectivity index (χ4v) is 2.61. The molecule has 2 atom stereocenters. The first-order valence-corrected chi connectivity index (χ1v) is 7.55. The van der Waals surface area contributed by atoms with Gasteiger partial charge in [-0.2, -0.15) is 0 Å². The first-order chi connectivity index (χ1) is 8.58. The number of halogens is 2. The van der Waals surface area contributed by atoms with Gasteiger partial charge < -0.3 is 5.32 Å². The monoisotopic (exact) mass is 315 g/mol. The first-order valence-electron chi connectivity index (χ1n) is 6.75. The molecule has 3 heteroatoms. The lowest BCUT2D eigenvalue weighted by Crippen LogP contribution is -2.34. The molecule has 1 nitrogen and oxygen atoms in total. The number of hydrogen-bond acceptors (Lipinski definition) is 1. The van der Waals surface area contributed by atoms with Crippen LogP contribution < -0.4 is 5.32 Å². The zero-order valence-corrected chi connectivity index (χ0v) is 13.1. The van der Waals surface area contributed by atoms with Crippen molar-refractivity contribution >= 4 is 15.9 Å². The summed E-state index contributed by atoms with van der Waals surface area (Å²) in [7, 11) is 0. The van der Waals surface area contributed by atoms with E-state index in [9.17, 15) is 4.39 Å². The van der Waals surface area contributed by atoms with E-state index >= 15 is 0 Å². The van der Waals surface area contributed by atoms with E-state index in [4.69, 9.17) is 0 Å². The second-order valence-corrected chi connectivity index (χ2v) is 5.72. The molecular weight excluding hydrogens is 293 g/mol. The lowest BCUT2D eigenvalue weighted by molar-refractivity contribution is 0.362. The molecule has 0 saturated carbocycles. The fraction of sp³-hybridized carbons (Fsp3) is 0.600. The van der Waals surface area contributed by atoms with Crippen LogP contribution in [0, 0.1) is 11.7 Å². The van der Waals surface area contributed by atoms with Gasteiger partial charge in [-0.3, -0.25) is 0 Å². The Bertz CT molecular complexity index is 368. The van der Waals surface area contributed by atoms with Crippen LogP contribution in [0.25, 0.3) is 0 Å². The molecule has 1 aromatic carbocycles. The first kappa shape index (κ1) is 15.6. The zero-order valence-electron chi connectivity index (χ0n) is 11.5. The zero-order chi connectivity index (χ0) is 13.5. The van der Waals surface area contributed by atoms with Crippen molar-refractivity contribution in [3.05, 3.63) is 34.1 Å². The molecule has 0 aliphatic heterocycles. The molecule has 0 heterocycles. The summed E-state index contributed by atoms with van der Waals surface area (Å²) in [6.07, 6.45) is 3.28. The van der Waals surface area contributed by atoms with Crippen LogP contribution in [-0.2, 0) is 6.42 Å². The van der Waals surface area contributed by atoms with Crippen LogP contribution in [0.15, 0.2) is 22.7 Å². The topological polar surface area (TPSA) is 12.0 Å². The third kappa shape index (κ3) is 4.69. The minimum absolute atomic E-state index is 0.191. The van der Waals surface area contributed by atoms with Crippen LogP contribution in [0.4, 0.5) is 4.39 Å². The highest BCUT2D eigenvalue weighted by molar-refractivity contribution is 9.10. The fourth-order valence-electron chi connectivity index (χ4n) is 2.18. The summed E-state index contributed by atoms with van der Waals surface area (Å²) < 4.78 is 13.7. The molecule has 102 valence electrons. The molecule has 0 amide bonds. The van der Waals surface area contributed by atoms with Gasteiger partial charge in [0.25, 0.3) is 0 Å². The predicted molar refractivity (Wildman–Crippen MR) is 79.3 cm³/mol. The Kier molecular flexibility index (Phi) is 6.87. The van der Waals surface area contributed by atoms with Gasteiger partial charge in [-0.1, -0.05) is 26.3 Å². The van der Waals surface area contributed by atoms with Crippen LogP contribution in [-0.4, -0.2) is 12.6 Å². The van der Waals surface area contributed by atoms with E-state index in [1.165, 1.54) is 11.6 Å². The highest BCUT2D eigenvalue weighted by atomic mass is 79.9. The Balaban J connectivity index is 2.64. The summed E-state index contributed by atoms with van der Waals surface area (Å²) in [6, 6.07) is 5.81. The average Bonchev–Trinajstić information content (AvgIpc) is 2.37. The van der Waals surface area contributed by atoms with Crippen LogP contribution in [0.1, 0.15) is 39.2 Å². The normalized spacial score (nSPS) is 14.5. The summed E-state index contributed by atoms with van der Waals surface area (Å²) in [4.78, 5) is 0. The Morgan fingerprint density at radius 3 is 2.61 bits per heavy atom. The van der Waals surface area contributed by atoms with E-state index in [0.29, 0.717) is 16.4 Å². The summed E-state index contributed by atoms with van der Waals surface area (Å²) in [5.74, 6) is 0.401.